The highest BCUT2D eigenvalue weighted by molar-refractivity contribution is 9.10. The Balaban J connectivity index is 2.88. The van der Waals surface area contributed by atoms with Gasteiger partial charge in [-0.15, -0.1) is 0 Å². The molecule has 1 aromatic rings. The highest BCUT2D eigenvalue weighted by Gasteiger charge is 2.06. The van der Waals surface area contributed by atoms with E-state index < -0.39 is 0 Å². The number of halogens is 1. The summed E-state index contributed by atoms with van der Waals surface area (Å²) in [5, 5.41) is 1.60. The number of hydroxylamine groups is 1. The van der Waals surface area contributed by atoms with E-state index in [2.05, 4.69) is 20.9 Å². The van der Waals surface area contributed by atoms with Crippen LogP contribution in [0.25, 0.3) is 0 Å². The summed E-state index contributed by atoms with van der Waals surface area (Å²) in [6.07, 6.45) is 1.59. The number of rotatable bonds is 3. The van der Waals surface area contributed by atoms with Crippen molar-refractivity contribution in [3.8, 4) is 0 Å². The molecule has 0 atom stereocenters. The van der Waals surface area contributed by atoms with Crippen LogP contribution in [0.5, 0.6) is 0 Å². The third-order valence-corrected chi connectivity index (χ3v) is 2.05. The molecule has 0 aliphatic carbocycles. The molecule has 0 aliphatic heterocycles. The molecule has 4 nitrogen and oxygen atoms in total. The third-order valence-electron chi connectivity index (χ3n) is 1.46. The van der Waals surface area contributed by atoms with Crippen LogP contribution in [0.15, 0.2) is 16.7 Å². The summed E-state index contributed by atoms with van der Waals surface area (Å²) in [4.78, 5) is 9.37. The average Bonchev–Trinajstić information content (AvgIpc) is 2.04. The Hall–Kier alpha value is -0.810. The largest absolute Gasteiger partial charge is 0.397 e. The van der Waals surface area contributed by atoms with Crippen LogP contribution in [0.2, 0.25) is 0 Å². The third kappa shape index (κ3) is 2.57. The molecule has 2 N–H and O–H groups in total. The van der Waals surface area contributed by atoms with Crippen LogP contribution in [0.4, 0.5) is 11.5 Å². The Bertz CT molecular complexity index is 293. The molecule has 0 aliphatic rings. The number of nitrogens with zero attached hydrogens (tertiary/aromatic N) is 2. The quantitative estimate of drug-likeness (QED) is 0.826. The van der Waals surface area contributed by atoms with E-state index in [0.717, 1.165) is 10.3 Å². The van der Waals surface area contributed by atoms with Gasteiger partial charge in [0.05, 0.1) is 23.0 Å². The van der Waals surface area contributed by atoms with Gasteiger partial charge in [-0.3, -0.25) is 4.84 Å². The monoisotopic (exact) mass is 245 g/mol. The van der Waals surface area contributed by atoms with Crippen molar-refractivity contribution in [3.63, 3.8) is 0 Å². The van der Waals surface area contributed by atoms with Crippen molar-refractivity contribution < 1.29 is 4.84 Å². The van der Waals surface area contributed by atoms with Crippen LogP contribution in [0.3, 0.4) is 0 Å². The number of anilines is 2. The van der Waals surface area contributed by atoms with Gasteiger partial charge in [0.15, 0.2) is 5.82 Å². The second-order valence-corrected chi connectivity index (χ2v) is 3.34. The first-order chi connectivity index (χ1) is 6.15. The normalized spacial score (nSPS) is 10.1. The van der Waals surface area contributed by atoms with E-state index in [9.17, 15) is 0 Å². The Kier molecular flexibility index (Phi) is 3.50. The molecular formula is C8H12BrN3O. The smallest absolute Gasteiger partial charge is 0.166 e. The van der Waals surface area contributed by atoms with Crippen LogP contribution in [0.1, 0.15) is 6.92 Å². The van der Waals surface area contributed by atoms with E-state index in [0.29, 0.717) is 12.3 Å². The SMILES string of the molecule is CCON(C)c1ncc(N)cc1Br. The van der Waals surface area contributed by atoms with E-state index in [1.165, 1.54) is 0 Å². The van der Waals surface area contributed by atoms with E-state index in [1.54, 1.807) is 24.4 Å². The lowest BCUT2D eigenvalue weighted by atomic mass is 10.4. The second kappa shape index (κ2) is 4.43. The average molecular weight is 246 g/mol. The van der Waals surface area contributed by atoms with Crippen molar-refractivity contribution in [1.82, 2.24) is 4.98 Å². The maximum absolute atomic E-state index is 5.55. The van der Waals surface area contributed by atoms with Crippen molar-refractivity contribution in [1.29, 1.82) is 0 Å². The number of nitrogens with two attached hydrogens (primary N) is 1. The number of nitrogen functional groups attached to an aromatic ring is 1. The molecule has 0 saturated carbocycles. The first kappa shape index (κ1) is 10.3. The highest BCUT2D eigenvalue weighted by Crippen LogP contribution is 2.24. The van der Waals surface area contributed by atoms with Crippen LogP contribution in [-0.4, -0.2) is 18.6 Å². The fourth-order valence-electron chi connectivity index (χ4n) is 0.932. The van der Waals surface area contributed by atoms with Gasteiger partial charge in [-0.25, -0.2) is 10.0 Å². The molecule has 0 saturated heterocycles. The Morgan fingerprint density at radius 3 is 2.92 bits per heavy atom. The zero-order valence-corrected chi connectivity index (χ0v) is 9.21. The van der Waals surface area contributed by atoms with E-state index in [1.807, 2.05) is 6.92 Å². The molecule has 0 fully saturated rings. The van der Waals surface area contributed by atoms with Gasteiger partial charge in [0.1, 0.15) is 0 Å². The summed E-state index contributed by atoms with van der Waals surface area (Å²) < 4.78 is 0.823. The first-order valence-electron chi connectivity index (χ1n) is 3.92. The van der Waals surface area contributed by atoms with Crippen LogP contribution < -0.4 is 10.8 Å². The topological polar surface area (TPSA) is 51.4 Å². The summed E-state index contributed by atoms with van der Waals surface area (Å²) in [6.45, 7) is 2.52. The molecular weight excluding hydrogens is 234 g/mol. The van der Waals surface area contributed by atoms with Crippen LogP contribution in [0, 0.1) is 0 Å². The molecule has 0 unspecified atom stereocenters. The molecule has 0 radical (unpaired) electrons. The predicted molar refractivity (Wildman–Crippen MR) is 56.4 cm³/mol. The number of aromatic nitrogens is 1. The molecule has 0 aromatic carbocycles. The molecule has 0 amide bonds. The summed E-state index contributed by atoms with van der Waals surface area (Å²) >= 11 is 3.35. The summed E-state index contributed by atoms with van der Waals surface area (Å²) in [7, 11) is 1.80. The van der Waals surface area contributed by atoms with Crippen LogP contribution >= 0.6 is 15.9 Å². The zero-order valence-electron chi connectivity index (χ0n) is 7.62. The maximum Gasteiger partial charge on any atom is 0.166 e. The van der Waals surface area contributed by atoms with Gasteiger partial charge in [0, 0.05) is 7.05 Å². The Morgan fingerprint density at radius 2 is 2.38 bits per heavy atom. The van der Waals surface area contributed by atoms with Crippen LogP contribution in [-0.2, 0) is 4.84 Å². The van der Waals surface area contributed by atoms with Crippen molar-refractivity contribution in [2.45, 2.75) is 6.92 Å². The van der Waals surface area contributed by atoms with Crippen molar-refractivity contribution in [3.05, 3.63) is 16.7 Å². The number of hydrogen-bond acceptors (Lipinski definition) is 4. The fraction of sp³-hybridized carbons (Fsp3) is 0.375. The van der Waals surface area contributed by atoms with Crippen molar-refractivity contribution >= 4 is 27.4 Å². The van der Waals surface area contributed by atoms with Crippen molar-refractivity contribution in [2.24, 2.45) is 0 Å². The molecule has 13 heavy (non-hydrogen) atoms. The van der Waals surface area contributed by atoms with E-state index >= 15 is 0 Å². The summed E-state index contributed by atoms with van der Waals surface area (Å²) in [5.74, 6) is 0.719. The molecule has 0 bridgehead atoms. The first-order valence-corrected chi connectivity index (χ1v) is 4.72. The molecule has 1 aromatic heterocycles. The number of hydrogen-bond donors (Lipinski definition) is 1. The highest BCUT2D eigenvalue weighted by atomic mass is 79.9. The van der Waals surface area contributed by atoms with Gasteiger partial charge < -0.3 is 5.73 Å². The molecule has 1 rings (SSSR count). The van der Waals surface area contributed by atoms with Crippen molar-refractivity contribution in [2.75, 3.05) is 24.5 Å². The zero-order chi connectivity index (χ0) is 9.84. The van der Waals surface area contributed by atoms with Gasteiger partial charge in [-0.2, -0.15) is 0 Å². The van der Waals surface area contributed by atoms with Gasteiger partial charge in [-0.1, -0.05) is 0 Å². The molecule has 5 heteroatoms. The van der Waals surface area contributed by atoms with Gasteiger partial charge >= 0.3 is 0 Å². The van der Waals surface area contributed by atoms with Gasteiger partial charge in [0.25, 0.3) is 0 Å². The van der Waals surface area contributed by atoms with Gasteiger partial charge in [-0.05, 0) is 28.9 Å². The molecule has 0 spiro atoms. The predicted octanol–water partition coefficient (Wildman–Crippen LogP) is 1.81. The molecule has 72 valence electrons. The number of pyridine rings is 1. The lowest BCUT2D eigenvalue weighted by Crippen LogP contribution is -2.19. The lowest BCUT2D eigenvalue weighted by molar-refractivity contribution is 0.132. The summed E-state index contributed by atoms with van der Waals surface area (Å²) in [6, 6.07) is 1.79. The maximum atomic E-state index is 5.55. The fourth-order valence-corrected chi connectivity index (χ4v) is 1.55. The lowest BCUT2D eigenvalue weighted by Gasteiger charge is -2.17. The minimum absolute atomic E-state index is 0.606. The molecule has 1 heterocycles. The Morgan fingerprint density at radius 1 is 1.69 bits per heavy atom. The standard InChI is InChI=1S/C8H12BrN3O/c1-3-13-12(2)8-7(9)4-6(10)5-11-8/h4-5H,3,10H2,1-2H3. The van der Waals surface area contributed by atoms with E-state index in [-0.39, 0.29) is 0 Å². The minimum atomic E-state index is 0.606. The van der Waals surface area contributed by atoms with Gasteiger partial charge in [0.2, 0.25) is 0 Å². The second-order valence-electron chi connectivity index (χ2n) is 2.49. The van der Waals surface area contributed by atoms with E-state index in [4.69, 9.17) is 10.6 Å². The summed E-state index contributed by atoms with van der Waals surface area (Å²) in [5.41, 5.74) is 6.18. The Labute approximate surface area is 85.8 Å². The minimum Gasteiger partial charge on any atom is -0.397 e.